The van der Waals surface area contributed by atoms with E-state index in [0.29, 0.717) is 13.0 Å². The second kappa shape index (κ2) is 9.48. The fraction of sp³-hybridized carbons (Fsp3) is 0.656. The molecule has 2 saturated carbocycles. The average molecular weight is 569 g/mol. The minimum Gasteiger partial charge on any atom is -0.494 e. The molecule has 2 aliphatic heterocycles. The average Bonchev–Trinajstić information content (AvgIpc) is 3.58. The zero-order valence-corrected chi connectivity index (χ0v) is 24.8. The summed E-state index contributed by atoms with van der Waals surface area (Å²) in [6.45, 7) is 13.1. The predicted molar refractivity (Wildman–Crippen MR) is 145 cm³/mol. The van der Waals surface area contributed by atoms with E-state index in [4.69, 9.17) is 28.1 Å². The highest BCUT2D eigenvalue weighted by Crippen LogP contribution is 2.72. The number of hydrogen-bond acceptors (Lipinski definition) is 9. The molecule has 222 valence electrons. The first-order valence-corrected chi connectivity index (χ1v) is 14.5. The molecule has 0 unspecified atom stereocenters. The fourth-order valence-corrected chi connectivity index (χ4v) is 9.71. The largest absolute Gasteiger partial charge is 0.494 e. The van der Waals surface area contributed by atoms with E-state index in [1.807, 2.05) is 6.07 Å². The maximum absolute atomic E-state index is 12.8. The Morgan fingerprint density at radius 3 is 2.27 bits per heavy atom. The number of ether oxygens (including phenoxy) is 5. The van der Waals surface area contributed by atoms with E-state index in [0.717, 1.165) is 23.1 Å². The quantitative estimate of drug-likeness (QED) is 0.286. The van der Waals surface area contributed by atoms with Crippen LogP contribution in [0.15, 0.2) is 46.5 Å². The Morgan fingerprint density at radius 2 is 1.63 bits per heavy atom. The van der Waals surface area contributed by atoms with Crippen molar-refractivity contribution in [1.29, 1.82) is 0 Å². The van der Waals surface area contributed by atoms with Gasteiger partial charge in [0, 0.05) is 61.2 Å². The van der Waals surface area contributed by atoms with E-state index < -0.39 is 58.6 Å². The molecule has 1 aromatic heterocycles. The maximum Gasteiger partial charge on any atom is 0.303 e. The van der Waals surface area contributed by atoms with E-state index in [1.54, 1.807) is 18.8 Å². The Hall–Kier alpha value is -3.07. The minimum absolute atomic E-state index is 0.0833. The van der Waals surface area contributed by atoms with Gasteiger partial charge >= 0.3 is 17.9 Å². The summed E-state index contributed by atoms with van der Waals surface area (Å²) in [4.78, 5) is 37.6. The molecule has 9 nitrogen and oxygen atoms in total. The monoisotopic (exact) mass is 568 g/mol. The third-order valence-electron chi connectivity index (χ3n) is 11.0. The molecule has 0 spiro atoms. The number of carbonyl (C=O) groups is 3. The van der Waals surface area contributed by atoms with Gasteiger partial charge in [0.2, 0.25) is 0 Å². The van der Waals surface area contributed by atoms with Crippen molar-refractivity contribution in [3.63, 3.8) is 0 Å². The van der Waals surface area contributed by atoms with Crippen LogP contribution in [0.5, 0.6) is 0 Å². The van der Waals surface area contributed by atoms with Gasteiger partial charge in [0.25, 0.3) is 0 Å². The van der Waals surface area contributed by atoms with Gasteiger partial charge in [0.05, 0.1) is 31.5 Å². The van der Waals surface area contributed by atoms with Crippen LogP contribution >= 0.6 is 0 Å². The van der Waals surface area contributed by atoms with Gasteiger partial charge in [-0.1, -0.05) is 26.3 Å². The molecule has 5 aliphatic rings. The molecule has 3 fully saturated rings. The molecule has 11 atom stereocenters. The van der Waals surface area contributed by atoms with Gasteiger partial charge in [-0.2, -0.15) is 0 Å². The second-order valence-electron chi connectivity index (χ2n) is 13.2. The van der Waals surface area contributed by atoms with Crippen LogP contribution < -0.4 is 0 Å². The van der Waals surface area contributed by atoms with Crippen molar-refractivity contribution in [2.24, 2.45) is 28.1 Å². The SMILES string of the molecule is CC(=O)O[C@H]1C[C@H](OC(C)=O)[C@@]2(C)[C@H]3[C@@H](OC[C@@]13C)[C@@H](OC(C)=O)[C@@]1(C)C3=C(C)[C@@H](c4ccoc4)C[C@H]3OC=C[C@@H]12. The van der Waals surface area contributed by atoms with Crippen molar-refractivity contribution in [3.8, 4) is 0 Å². The van der Waals surface area contributed by atoms with Gasteiger partial charge < -0.3 is 28.1 Å². The molecule has 6 rings (SSSR count). The van der Waals surface area contributed by atoms with Crippen LogP contribution in [0, 0.1) is 28.1 Å². The molecule has 0 N–H and O–H groups in total. The third kappa shape index (κ3) is 3.87. The van der Waals surface area contributed by atoms with E-state index in [9.17, 15) is 14.4 Å². The zero-order valence-electron chi connectivity index (χ0n) is 24.8. The predicted octanol–water partition coefficient (Wildman–Crippen LogP) is 4.86. The van der Waals surface area contributed by atoms with Crippen LogP contribution in [0.25, 0.3) is 0 Å². The molecule has 41 heavy (non-hydrogen) atoms. The molecule has 9 heteroatoms. The number of furan rings is 1. The first-order chi connectivity index (χ1) is 19.3. The van der Waals surface area contributed by atoms with Crippen LogP contribution in [0.3, 0.4) is 0 Å². The first-order valence-electron chi connectivity index (χ1n) is 14.5. The number of rotatable bonds is 4. The Kier molecular flexibility index (Phi) is 6.49. The Morgan fingerprint density at radius 1 is 0.951 bits per heavy atom. The number of carbonyl (C=O) groups excluding carboxylic acids is 3. The number of fused-ring (bicyclic) bond motifs is 4. The molecule has 3 aliphatic carbocycles. The molecular formula is C32H40O9. The fourth-order valence-electron chi connectivity index (χ4n) is 9.71. The van der Waals surface area contributed by atoms with Crippen LogP contribution in [0.1, 0.15) is 72.8 Å². The van der Waals surface area contributed by atoms with E-state index in [1.165, 1.54) is 20.8 Å². The van der Waals surface area contributed by atoms with Crippen molar-refractivity contribution in [3.05, 3.63) is 47.6 Å². The molecule has 0 bridgehead atoms. The van der Waals surface area contributed by atoms with Crippen LogP contribution in [0.2, 0.25) is 0 Å². The van der Waals surface area contributed by atoms with Crippen LogP contribution in [-0.2, 0) is 38.1 Å². The summed E-state index contributed by atoms with van der Waals surface area (Å²) in [5, 5.41) is 0. The van der Waals surface area contributed by atoms with Crippen molar-refractivity contribution in [1.82, 2.24) is 0 Å². The standard InChI is InChI=1S/C32H40O9/c1-16-21(20-8-10-36-14-20)12-22-26(16)32(7)23(9-11-37-22)31(6)25(40-18(3)34)13-24(39-17(2)33)30(5)15-38-27(28(30)31)29(32)41-19(4)35/h8-11,14,21-25,27-29H,12-13,15H2,1-7H3/t21-,22+,23+,24-,25-,27+,28-,29+,30-,31-,32+/m0/s1. The third-order valence-corrected chi connectivity index (χ3v) is 11.0. The first kappa shape index (κ1) is 28.1. The minimum atomic E-state index is -0.750. The lowest BCUT2D eigenvalue weighted by molar-refractivity contribution is -0.250. The highest BCUT2D eigenvalue weighted by atomic mass is 16.6. The Bertz CT molecular complexity index is 1310. The highest BCUT2D eigenvalue weighted by Gasteiger charge is 2.77. The van der Waals surface area contributed by atoms with Gasteiger partial charge in [0.1, 0.15) is 24.4 Å². The smallest absolute Gasteiger partial charge is 0.303 e. The van der Waals surface area contributed by atoms with Crippen molar-refractivity contribution < 1.29 is 42.5 Å². The van der Waals surface area contributed by atoms with Gasteiger partial charge in [-0.3, -0.25) is 14.4 Å². The van der Waals surface area contributed by atoms with Gasteiger partial charge in [-0.25, -0.2) is 0 Å². The summed E-state index contributed by atoms with van der Waals surface area (Å²) >= 11 is 0. The van der Waals surface area contributed by atoms with Crippen LogP contribution in [0.4, 0.5) is 0 Å². The lowest BCUT2D eigenvalue weighted by Gasteiger charge is -2.65. The summed E-state index contributed by atoms with van der Waals surface area (Å²) in [6.07, 6.45) is 5.84. The van der Waals surface area contributed by atoms with E-state index >= 15 is 0 Å². The van der Waals surface area contributed by atoms with E-state index in [-0.39, 0.29) is 23.9 Å². The zero-order chi connectivity index (χ0) is 29.5. The number of esters is 3. The van der Waals surface area contributed by atoms with Gasteiger partial charge in [0.15, 0.2) is 0 Å². The van der Waals surface area contributed by atoms with Crippen LogP contribution in [-0.4, -0.2) is 55.0 Å². The van der Waals surface area contributed by atoms with Gasteiger partial charge in [-0.15, -0.1) is 0 Å². The second-order valence-corrected chi connectivity index (χ2v) is 13.2. The Labute approximate surface area is 240 Å². The van der Waals surface area contributed by atoms with E-state index in [2.05, 4.69) is 33.8 Å². The maximum atomic E-state index is 12.8. The molecule has 0 radical (unpaired) electrons. The number of allylic oxidation sites excluding steroid dienone is 2. The molecular weight excluding hydrogens is 528 g/mol. The topological polar surface area (TPSA) is 110 Å². The van der Waals surface area contributed by atoms with Crippen molar-refractivity contribution in [2.45, 2.75) is 97.7 Å². The summed E-state index contributed by atoms with van der Waals surface area (Å²) in [6, 6.07) is 1.98. The van der Waals surface area contributed by atoms with Gasteiger partial charge in [-0.05, 0) is 36.6 Å². The summed E-state index contributed by atoms with van der Waals surface area (Å²) < 4.78 is 36.8. The number of hydrogen-bond donors (Lipinski definition) is 0. The molecule has 1 aromatic rings. The highest BCUT2D eigenvalue weighted by molar-refractivity contribution is 5.68. The lowest BCUT2D eigenvalue weighted by Crippen LogP contribution is -2.72. The summed E-state index contributed by atoms with van der Waals surface area (Å²) in [5.74, 6) is -1.63. The lowest BCUT2D eigenvalue weighted by atomic mass is 9.40. The Balaban J connectivity index is 1.58. The molecule has 0 amide bonds. The van der Waals surface area contributed by atoms with Crippen molar-refractivity contribution >= 4 is 17.9 Å². The molecule has 1 saturated heterocycles. The van der Waals surface area contributed by atoms with Crippen molar-refractivity contribution in [2.75, 3.05) is 6.61 Å². The summed E-state index contributed by atoms with van der Waals surface area (Å²) in [7, 11) is 0. The molecule has 3 heterocycles. The summed E-state index contributed by atoms with van der Waals surface area (Å²) in [5.41, 5.74) is 1.30. The normalized spacial score (nSPS) is 44.2. The molecule has 0 aromatic carbocycles.